The third kappa shape index (κ3) is 3.84. The molecule has 34 heavy (non-hydrogen) atoms. The van der Waals surface area contributed by atoms with Gasteiger partial charge in [-0.2, -0.15) is 0 Å². The molecule has 0 unspecified atom stereocenters. The van der Waals surface area contributed by atoms with Gasteiger partial charge >= 0.3 is 0 Å². The SMILES string of the molecule is CCC(O)(CC)C(F)(F)CC[C@@H](C)[C@H]1CC[C@H]2C3=CC=C4C[C@@H](O)C[C@H](O)[C@]4(C)[C@H]3CC[C@]12C. The number of aliphatic hydroxyl groups excluding tert-OH is 2. The van der Waals surface area contributed by atoms with Crippen LogP contribution >= 0.6 is 0 Å². The zero-order valence-corrected chi connectivity index (χ0v) is 21.8. The zero-order valence-electron chi connectivity index (χ0n) is 21.8. The van der Waals surface area contributed by atoms with Crippen molar-refractivity contribution in [2.45, 2.75) is 123 Å². The summed E-state index contributed by atoms with van der Waals surface area (Å²) < 4.78 is 29.9. The molecule has 0 saturated heterocycles. The highest BCUT2D eigenvalue weighted by molar-refractivity contribution is 5.40. The molecule has 4 aliphatic carbocycles. The van der Waals surface area contributed by atoms with Crippen molar-refractivity contribution in [1.82, 2.24) is 0 Å². The molecule has 0 aliphatic heterocycles. The normalized spacial score (nSPS) is 41.2. The first-order chi connectivity index (χ1) is 15.8. The maximum Gasteiger partial charge on any atom is 0.276 e. The summed E-state index contributed by atoms with van der Waals surface area (Å²) in [6.45, 7) is 9.99. The maximum absolute atomic E-state index is 14.9. The molecule has 3 nitrogen and oxygen atoms in total. The van der Waals surface area contributed by atoms with Crippen molar-refractivity contribution in [3.8, 4) is 0 Å². The third-order valence-corrected chi connectivity index (χ3v) is 11.2. The van der Waals surface area contributed by atoms with Crippen molar-refractivity contribution >= 4 is 0 Å². The molecule has 0 aromatic rings. The smallest absolute Gasteiger partial charge is 0.276 e. The van der Waals surface area contributed by atoms with E-state index in [0.29, 0.717) is 37.0 Å². The molecule has 8 atom stereocenters. The second-order valence-electron chi connectivity index (χ2n) is 12.5. The van der Waals surface area contributed by atoms with Crippen molar-refractivity contribution in [1.29, 1.82) is 0 Å². The van der Waals surface area contributed by atoms with Crippen molar-refractivity contribution in [2.24, 2.45) is 34.5 Å². The van der Waals surface area contributed by atoms with Gasteiger partial charge in [-0.05, 0) is 80.5 Å². The summed E-state index contributed by atoms with van der Waals surface area (Å²) in [5.41, 5.74) is 0.501. The Kier molecular flexibility index (Phi) is 6.92. The monoisotopic (exact) mass is 480 g/mol. The van der Waals surface area contributed by atoms with Crippen molar-refractivity contribution < 1.29 is 24.1 Å². The number of aliphatic hydroxyl groups is 3. The van der Waals surface area contributed by atoms with Crippen LogP contribution in [0.2, 0.25) is 0 Å². The molecule has 4 aliphatic rings. The molecular weight excluding hydrogens is 434 g/mol. The summed E-state index contributed by atoms with van der Waals surface area (Å²) in [6, 6.07) is 0. The number of hydrogen-bond donors (Lipinski definition) is 3. The Hall–Kier alpha value is -0.780. The van der Waals surface area contributed by atoms with Crippen LogP contribution in [-0.2, 0) is 0 Å². The summed E-state index contributed by atoms with van der Waals surface area (Å²) in [7, 11) is 0. The lowest BCUT2D eigenvalue weighted by Crippen LogP contribution is -2.52. The minimum Gasteiger partial charge on any atom is -0.393 e. The van der Waals surface area contributed by atoms with Crippen LogP contribution in [0.3, 0.4) is 0 Å². The first kappa shape index (κ1) is 26.3. The summed E-state index contributed by atoms with van der Waals surface area (Å²) >= 11 is 0. The van der Waals surface area contributed by atoms with Gasteiger partial charge in [0.1, 0.15) is 5.60 Å². The highest BCUT2D eigenvalue weighted by atomic mass is 19.3. The molecule has 3 saturated carbocycles. The minimum atomic E-state index is -3.06. The van der Waals surface area contributed by atoms with Crippen LogP contribution in [0.25, 0.3) is 0 Å². The van der Waals surface area contributed by atoms with Crippen LogP contribution in [-0.4, -0.2) is 39.1 Å². The van der Waals surface area contributed by atoms with E-state index in [-0.39, 0.29) is 36.0 Å². The fourth-order valence-electron chi connectivity index (χ4n) is 8.63. The predicted octanol–water partition coefficient (Wildman–Crippen LogP) is 6.42. The molecule has 0 spiro atoms. The van der Waals surface area contributed by atoms with Crippen LogP contribution < -0.4 is 0 Å². The summed E-state index contributed by atoms with van der Waals surface area (Å²) in [4.78, 5) is 0. The van der Waals surface area contributed by atoms with E-state index in [1.807, 2.05) is 0 Å². The molecule has 0 aromatic heterocycles. The second kappa shape index (κ2) is 8.95. The number of hydrogen-bond acceptors (Lipinski definition) is 3. The van der Waals surface area contributed by atoms with E-state index in [1.54, 1.807) is 13.8 Å². The predicted molar refractivity (Wildman–Crippen MR) is 131 cm³/mol. The molecule has 0 amide bonds. The Bertz CT molecular complexity index is 831. The van der Waals surface area contributed by atoms with E-state index in [1.165, 1.54) is 11.1 Å². The van der Waals surface area contributed by atoms with E-state index in [9.17, 15) is 24.1 Å². The second-order valence-corrected chi connectivity index (χ2v) is 12.5. The maximum atomic E-state index is 14.9. The third-order valence-electron chi connectivity index (χ3n) is 11.2. The van der Waals surface area contributed by atoms with Gasteiger partial charge in [-0.1, -0.05) is 57.9 Å². The lowest BCUT2D eigenvalue weighted by Gasteiger charge is -2.56. The Labute approximate surface area is 204 Å². The van der Waals surface area contributed by atoms with E-state index in [0.717, 1.165) is 25.7 Å². The van der Waals surface area contributed by atoms with Crippen LogP contribution in [0.15, 0.2) is 23.3 Å². The average Bonchev–Trinajstić information content (AvgIpc) is 3.15. The number of allylic oxidation sites excluding steroid dienone is 3. The van der Waals surface area contributed by atoms with Gasteiger partial charge in [-0.15, -0.1) is 0 Å². The van der Waals surface area contributed by atoms with E-state index >= 15 is 0 Å². The molecule has 0 heterocycles. The van der Waals surface area contributed by atoms with Gasteiger partial charge in [0.25, 0.3) is 5.92 Å². The Morgan fingerprint density at radius 3 is 2.38 bits per heavy atom. The summed E-state index contributed by atoms with van der Waals surface area (Å²) in [6.07, 6.45) is 9.03. The lowest BCUT2D eigenvalue weighted by molar-refractivity contribution is -0.190. The van der Waals surface area contributed by atoms with Gasteiger partial charge in [-0.3, -0.25) is 0 Å². The fourth-order valence-corrected chi connectivity index (χ4v) is 8.63. The molecule has 4 rings (SSSR count). The topological polar surface area (TPSA) is 60.7 Å². The molecule has 3 N–H and O–H groups in total. The van der Waals surface area contributed by atoms with E-state index in [4.69, 9.17) is 0 Å². The minimum absolute atomic E-state index is 0.0702. The highest BCUT2D eigenvalue weighted by Gasteiger charge is 2.59. The standard InChI is InChI=1S/C29H46F2O3/c1-6-28(34,7-2)29(30,31)15-12-18(3)22-10-11-23-21-9-8-19-16-20(32)17-25(33)27(19,5)24(21)13-14-26(22,23)4/h8-9,18,20,22-25,32-34H,6-7,10-17H2,1-5H3/t18-,20-,22-,23+,24+,25+,26-,27+/m1/s1. The van der Waals surface area contributed by atoms with Crippen LogP contribution in [0.4, 0.5) is 8.78 Å². The van der Waals surface area contributed by atoms with E-state index < -0.39 is 23.7 Å². The Morgan fingerprint density at radius 1 is 1.06 bits per heavy atom. The van der Waals surface area contributed by atoms with Crippen molar-refractivity contribution in [3.05, 3.63) is 23.3 Å². The van der Waals surface area contributed by atoms with Crippen LogP contribution in [0.5, 0.6) is 0 Å². The molecule has 194 valence electrons. The molecule has 0 aromatic carbocycles. The van der Waals surface area contributed by atoms with E-state index in [2.05, 4.69) is 32.9 Å². The quantitative estimate of drug-likeness (QED) is 0.394. The molecular formula is C29H46F2O3. The first-order valence-corrected chi connectivity index (χ1v) is 13.7. The lowest BCUT2D eigenvalue weighted by atomic mass is 9.49. The first-order valence-electron chi connectivity index (χ1n) is 13.7. The molecule has 0 radical (unpaired) electrons. The summed E-state index contributed by atoms with van der Waals surface area (Å²) in [5, 5.41) is 31.7. The molecule has 0 bridgehead atoms. The Morgan fingerprint density at radius 2 is 1.74 bits per heavy atom. The fraction of sp³-hybridized carbons (Fsp3) is 0.862. The number of halogens is 2. The zero-order chi connectivity index (χ0) is 25.1. The highest BCUT2D eigenvalue weighted by Crippen LogP contribution is 2.66. The van der Waals surface area contributed by atoms with Gasteiger partial charge in [0.15, 0.2) is 0 Å². The average molecular weight is 481 g/mol. The van der Waals surface area contributed by atoms with Gasteiger partial charge in [0.05, 0.1) is 12.2 Å². The van der Waals surface area contributed by atoms with Crippen LogP contribution in [0, 0.1) is 34.5 Å². The number of fused-ring (bicyclic) bond motifs is 5. The number of alkyl halides is 2. The van der Waals surface area contributed by atoms with Crippen molar-refractivity contribution in [3.63, 3.8) is 0 Å². The van der Waals surface area contributed by atoms with Gasteiger partial charge in [0.2, 0.25) is 0 Å². The van der Waals surface area contributed by atoms with Gasteiger partial charge < -0.3 is 15.3 Å². The van der Waals surface area contributed by atoms with Gasteiger partial charge in [0, 0.05) is 18.3 Å². The Balaban J connectivity index is 1.52. The largest absolute Gasteiger partial charge is 0.393 e. The van der Waals surface area contributed by atoms with Crippen molar-refractivity contribution in [2.75, 3.05) is 0 Å². The van der Waals surface area contributed by atoms with Crippen LogP contribution in [0.1, 0.15) is 98.8 Å². The molecule has 5 heteroatoms. The van der Waals surface area contributed by atoms with Gasteiger partial charge in [-0.25, -0.2) is 8.78 Å². The number of rotatable bonds is 7. The molecule has 3 fully saturated rings. The summed E-state index contributed by atoms with van der Waals surface area (Å²) in [5.74, 6) is -1.77.